The van der Waals surface area contributed by atoms with Gasteiger partial charge in [0.25, 0.3) is 5.91 Å². The maximum Gasteiger partial charge on any atom is 0.252 e. The topological polar surface area (TPSA) is 41.6 Å². The molecule has 1 amide bonds. The quantitative estimate of drug-likeness (QED) is 0.777. The predicted molar refractivity (Wildman–Crippen MR) is 93.6 cm³/mol. The van der Waals surface area contributed by atoms with E-state index in [1.165, 1.54) is 0 Å². The number of hydrogen-bond acceptors (Lipinski definition) is 3. The molecular weight excluding hydrogens is 312 g/mol. The lowest BCUT2D eigenvalue weighted by molar-refractivity contribution is -0.163. The molecule has 1 fully saturated rings. The van der Waals surface area contributed by atoms with Crippen molar-refractivity contribution in [1.82, 2.24) is 10.2 Å². The first-order valence-corrected chi connectivity index (χ1v) is 8.44. The molecule has 1 aliphatic heterocycles. The molecule has 1 aromatic carbocycles. The molecule has 0 saturated carbocycles. The summed E-state index contributed by atoms with van der Waals surface area (Å²) in [6, 6.07) is 7.69. The van der Waals surface area contributed by atoms with Crippen LogP contribution in [0.25, 0.3) is 0 Å². The third kappa shape index (κ3) is 4.14. The third-order valence-corrected chi connectivity index (χ3v) is 4.51. The Morgan fingerprint density at radius 2 is 2.17 bits per heavy atom. The highest BCUT2D eigenvalue weighted by atomic mass is 35.5. The van der Waals surface area contributed by atoms with Gasteiger partial charge in [0.2, 0.25) is 0 Å². The zero-order valence-electron chi connectivity index (χ0n) is 13.8. The number of carbonyl (C=O) groups is 1. The minimum atomic E-state index is -0.429. The van der Waals surface area contributed by atoms with Gasteiger partial charge in [-0.2, -0.15) is 0 Å². The number of benzene rings is 1. The molecule has 1 heterocycles. The van der Waals surface area contributed by atoms with Gasteiger partial charge < -0.3 is 15.0 Å². The highest BCUT2D eigenvalue weighted by Crippen LogP contribution is 2.31. The molecule has 1 aromatic rings. The minimum absolute atomic E-state index is 0.0400. The van der Waals surface area contributed by atoms with E-state index >= 15 is 0 Å². The van der Waals surface area contributed by atoms with Crippen LogP contribution in [0.15, 0.2) is 36.9 Å². The number of ether oxygens (including phenoxy) is 1. The Bertz CT molecular complexity index is 532. The molecule has 1 saturated heterocycles. The highest BCUT2D eigenvalue weighted by molar-refractivity contribution is 6.30. The lowest BCUT2D eigenvalue weighted by Crippen LogP contribution is -2.55. The molecule has 3 unspecified atom stereocenters. The molecule has 5 heteroatoms. The monoisotopic (exact) mass is 336 g/mol. The number of halogens is 1. The zero-order valence-corrected chi connectivity index (χ0v) is 14.6. The normalized spacial score (nSPS) is 22.9. The summed E-state index contributed by atoms with van der Waals surface area (Å²) in [7, 11) is 1.91. The molecule has 0 radical (unpaired) electrons. The maximum absolute atomic E-state index is 12.9. The van der Waals surface area contributed by atoms with Crippen LogP contribution in [0, 0.1) is 0 Å². The molecule has 2 rings (SSSR count). The lowest BCUT2D eigenvalue weighted by atomic mass is 9.98. The van der Waals surface area contributed by atoms with E-state index in [4.69, 9.17) is 16.3 Å². The van der Waals surface area contributed by atoms with Crippen LogP contribution in [-0.2, 0) is 9.53 Å². The Hall–Kier alpha value is -1.36. The first-order valence-electron chi connectivity index (χ1n) is 8.07. The van der Waals surface area contributed by atoms with E-state index in [2.05, 4.69) is 18.8 Å². The van der Waals surface area contributed by atoms with Crippen LogP contribution in [0.5, 0.6) is 0 Å². The van der Waals surface area contributed by atoms with Gasteiger partial charge in [0.15, 0.2) is 0 Å². The van der Waals surface area contributed by atoms with E-state index < -0.39 is 6.10 Å². The summed E-state index contributed by atoms with van der Waals surface area (Å²) in [6.45, 7) is 7.08. The average molecular weight is 337 g/mol. The molecule has 4 nitrogen and oxygen atoms in total. The van der Waals surface area contributed by atoms with E-state index in [-0.39, 0.29) is 18.0 Å². The van der Waals surface area contributed by atoms with E-state index in [9.17, 15) is 4.79 Å². The van der Waals surface area contributed by atoms with E-state index in [0.717, 1.165) is 18.5 Å². The fraction of sp³-hybridized carbons (Fsp3) is 0.500. The minimum Gasteiger partial charge on any atom is -0.366 e. The van der Waals surface area contributed by atoms with Crippen LogP contribution in [0.4, 0.5) is 0 Å². The summed E-state index contributed by atoms with van der Waals surface area (Å²) in [4.78, 5) is 14.9. The van der Waals surface area contributed by atoms with E-state index in [1.807, 2.05) is 36.2 Å². The van der Waals surface area contributed by atoms with E-state index in [1.54, 1.807) is 6.08 Å². The van der Waals surface area contributed by atoms with Gasteiger partial charge in [0.05, 0.1) is 12.6 Å². The molecule has 1 N–H and O–H groups in total. The Labute approximate surface area is 143 Å². The number of rotatable bonds is 7. The molecule has 0 bridgehead atoms. The van der Waals surface area contributed by atoms with Crippen molar-refractivity contribution in [3.8, 4) is 0 Å². The van der Waals surface area contributed by atoms with Gasteiger partial charge in [-0.3, -0.25) is 4.79 Å². The number of morpholine rings is 1. The third-order valence-electron chi connectivity index (χ3n) is 4.26. The maximum atomic E-state index is 12.9. The van der Waals surface area contributed by atoms with Gasteiger partial charge in [0.1, 0.15) is 6.10 Å². The second kappa shape index (κ2) is 8.48. The number of likely N-dealkylation sites (N-methyl/N-ethyl adjacent to an activating group) is 1. The Morgan fingerprint density at radius 3 is 2.74 bits per heavy atom. The van der Waals surface area contributed by atoms with Gasteiger partial charge in [0, 0.05) is 24.0 Å². The van der Waals surface area contributed by atoms with Gasteiger partial charge in [-0.1, -0.05) is 36.7 Å². The van der Waals surface area contributed by atoms with Gasteiger partial charge >= 0.3 is 0 Å². The second-order valence-corrected chi connectivity index (χ2v) is 6.22. The summed E-state index contributed by atoms with van der Waals surface area (Å²) in [5.41, 5.74) is 1.05. The molecule has 23 heavy (non-hydrogen) atoms. The van der Waals surface area contributed by atoms with Crippen molar-refractivity contribution >= 4 is 17.5 Å². The van der Waals surface area contributed by atoms with Crippen LogP contribution >= 0.6 is 11.6 Å². The smallest absolute Gasteiger partial charge is 0.252 e. The van der Waals surface area contributed by atoms with Crippen molar-refractivity contribution in [3.63, 3.8) is 0 Å². The molecule has 0 spiro atoms. The molecule has 1 aliphatic rings. The number of nitrogens with zero attached hydrogens (tertiary/aromatic N) is 1. The van der Waals surface area contributed by atoms with Crippen molar-refractivity contribution < 1.29 is 9.53 Å². The van der Waals surface area contributed by atoms with E-state index in [0.29, 0.717) is 18.1 Å². The average Bonchev–Trinajstić information content (AvgIpc) is 2.56. The first-order chi connectivity index (χ1) is 11.1. The highest BCUT2D eigenvalue weighted by Gasteiger charge is 2.39. The molecular formula is C18H25ClN2O2. The number of carbonyl (C=O) groups excluding carboxylic acids is 1. The summed E-state index contributed by atoms with van der Waals surface area (Å²) >= 11 is 5.99. The standard InChI is InChI=1S/C18H25ClN2O2/c1-4-6-17-18(22)21(15(5-2)11-20-3)16(12-23-17)13-7-9-14(19)10-8-13/h4,7-10,15-17,20H,1,5-6,11-12H2,2-3H3. The largest absolute Gasteiger partial charge is 0.366 e. The van der Waals surface area contributed by atoms with Crippen LogP contribution in [-0.4, -0.2) is 43.2 Å². The zero-order chi connectivity index (χ0) is 16.8. The van der Waals surface area contributed by atoms with Crippen molar-refractivity contribution in [3.05, 3.63) is 47.5 Å². The van der Waals surface area contributed by atoms with Crippen LogP contribution in [0.2, 0.25) is 5.02 Å². The summed E-state index contributed by atoms with van der Waals surface area (Å²) in [6.07, 6.45) is 2.74. The van der Waals surface area contributed by atoms with Crippen LogP contribution in [0.1, 0.15) is 31.4 Å². The van der Waals surface area contributed by atoms with Gasteiger partial charge in [-0.15, -0.1) is 6.58 Å². The number of amides is 1. The summed E-state index contributed by atoms with van der Waals surface area (Å²) in [5.74, 6) is 0.0400. The first kappa shape index (κ1) is 18.0. The summed E-state index contributed by atoms with van der Waals surface area (Å²) < 4.78 is 5.82. The fourth-order valence-electron chi connectivity index (χ4n) is 3.05. The number of hydrogen-bond donors (Lipinski definition) is 1. The number of nitrogens with one attached hydrogen (secondary N) is 1. The van der Waals surface area contributed by atoms with Crippen molar-refractivity contribution in [2.45, 2.75) is 38.0 Å². The van der Waals surface area contributed by atoms with Gasteiger partial charge in [-0.05, 0) is 31.2 Å². The SMILES string of the molecule is C=CCC1OCC(c2ccc(Cl)cc2)N(C(CC)CNC)C1=O. The Kier molecular flexibility index (Phi) is 6.63. The van der Waals surface area contributed by atoms with Crippen LogP contribution in [0.3, 0.4) is 0 Å². The predicted octanol–water partition coefficient (Wildman–Crippen LogP) is 3.18. The molecule has 0 aliphatic carbocycles. The lowest BCUT2D eigenvalue weighted by Gasteiger charge is -2.43. The van der Waals surface area contributed by atoms with Crippen LogP contribution < -0.4 is 5.32 Å². The van der Waals surface area contributed by atoms with Crippen molar-refractivity contribution in [2.24, 2.45) is 0 Å². The van der Waals surface area contributed by atoms with Crippen molar-refractivity contribution in [1.29, 1.82) is 0 Å². The molecule has 3 atom stereocenters. The fourth-order valence-corrected chi connectivity index (χ4v) is 3.18. The summed E-state index contributed by atoms with van der Waals surface area (Å²) in [5, 5.41) is 3.88. The Morgan fingerprint density at radius 1 is 1.48 bits per heavy atom. The molecule has 0 aromatic heterocycles. The second-order valence-electron chi connectivity index (χ2n) is 5.78. The molecule has 126 valence electrons. The Balaban J connectivity index is 2.32. The van der Waals surface area contributed by atoms with Gasteiger partial charge in [-0.25, -0.2) is 0 Å². The van der Waals surface area contributed by atoms with Crippen molar-refractivity contribution in [2.75, 3.05) is 20.2 Å².